The Balaban J connectivity index is 1.82. The minimum absolute atomic E-state index is 0.0138. The predicted octanol–water partition coefficient (Wildman–Crippen LogP) is 5.57. The van der Waals surface area contributed by atoms with E-state index >= 15 is 0 Å². The van der Waals surface area contributed by atoms with E-state index in [2.05, 4.69) is 59.7 Å². The molecule has 3 rings (SSSR count). The van der Waals surface area contributed by atoms with Crippen LogP contribution in [-0.4, -0.2) is 13.2 Å². The van der Waals surface area contributed by atoms with Crippen LogP contribution in [0.2, 0.25) is 0 Å². The maximum absolute atomic E-state index is 6.15. The Labute approximate surface area is 141 Å². The van der Waals surface area contributed by atoms with Crippen LogP contribution in [-0.2, 0) is 19.9 Å². The minimum Gasteiger partial charge on any atom is -0.426 e. The highest BCUT2D eigenvalue weighted by atomic mass is 31.2. The van der Waals surface area contributed by atoms with Gasteiger partial charge in [-0.1, -0.05) is 53.7 Å². The van der Waals surface area contributed by atoms with Gasteiger partial charge in [0.1, 0.15) is 5.75 Å². The van der Waals surface area contributed by atoms with Crippen LogP contribution in [0, 0.1) is 11.8 Å². The number of rotatable bonds is 2. The molecule has 2 fully saturated rings. The first-order valence-electron chi connectivity index (χ1n) is 8.53. The average molecular weight is 336 g/mol. The zero-order valence-corrected chi connectivity index (χ0v) is 16.1. The SMILES string of the molecule is CC(C)(C)c1ccc(OP2OCC3CC3CO2)c(C(C)(C)C)c1. The van der Waals surface area contributed by atoms with Gasteiger partial charge < -0.3 is 13.6 Å². The third kappa shape index (κ3) is 4.07. The first kappa shape index (κ1) is 17.2. The average Bonchev–Trinajstić information content (AvgIpc) is 3.18. The number of hydrogen-bond acceptors (Lipinski definition) is 3. The van der Waals surface area contributed by atoms with E-state index in [0.717, 1.165) is 19.0 Å². The highest BCUT2D eigenvalue weighted by Gasteiger charge is 2.42. The molecule has 1 aliphatic heterocycles. The highest BCUT2D eigenvalue weighted by Crippen LogP contribution is 2.52. The molecule has 2 unspecified atom stereocenters. The van der Waals surface area contributed by atoms with E-state index in [1.54, 1.807) is 0 Å². The predicted molar refractivity (Wildman–Crippen MR) is 94.9 cm³/mol. The Morgan fingerprint density at radius 3 is 2.09 bits per heavy atom. The lowest BCUT2D eigenvalue weighted by atomic mass is 9.80. The molecule has 0 bridgehead atoms. The molecule has 1 aromatic carbocycles. The van der Waals surface area contributed by atoms with Crippen molar-refractivity contribution in [3.63, 3.8) is 0 Å². The molecular weight excluding hydrogens is 307 g/mol. The van der Waals surface area contributed by atoms with E-state index < -0.39 is 8.60 Å². The monoisotopic (exact) mass is 336 g/mol. The first-order valence-corrected chi connectivity index (χ1v) is 9.63. The quantitative estimate of drug-likeness (QED) is 0.661. The van der Waals surface area contributed by atoms with E-state index in [-0.39, 0.29) is 10.8 Å². The van der Waals surface area contributed by atoms with Gasteiger partial charge in [0, 0.05) is 5.56 Å². The van der Waals surface area contributed by atoms with Gasteiger partial charge >= 0.3 is 8.60 Å². The van der Waals surface area contributed by atoms with Crippen LogP contribution in [0.3, 0.4) is 0 Å². The molecule has 1 aliphatic carbocycles. The minimum atomic E-state index is -1.27. The molecule has 23 heavy (non-hydrogen) atoms. The van der Waals surface area contributed by atoms with Crippen molar-refractivity contribution in [2.45, 2.75) is 58.8 Å². The Morgan fingerprint density at radius 2 is 1.57 bits per heavy atom. The Bertz CT molecular complexity index is 559. The van der Waals surface area contributed by atoms with Gasteiger partial charge in [0.2, 0.25) is 0 Å². The summed E-state index contributed by atoms with van der Waals surface area (Å²) in [7, 11) is -1.27. The van der Waals surface area contributed by atoms with Crippen molar-refractivity contribution < 1.29 is 13.6 Å². The normalized spacial score (nSPS) is 28.0. The molecular formula is C19H29O3P. The highest BCUT2D eigenvalue weighted by molar-refractivity contribution is 7.42. The largest absolute Gasteiger partial charge is 0.426 e. The van der Waals surface area contributed by atoms with Crippen LogP contribution < -0.4 is 4.52 Å². The third-order valence-corrected chi connectivity index (χ3v) is 5.75. The Hall–Kier alpha value is -0.630. The second-order valence-corrected chi connectivity index (χ2v) is 10.0. The fourth-order valence-corrected chi connectivity index (χ4v) is 3.99. The Morgan fingerprint density at radius 1 is 0.957 bits per heavy atom. The van der Waals surface area contributed by atoms with Crippen molar-refractivity contribution in [2.75, 3.05) is 13.2 Å². The van der Waals surface area contributed by atoms with Crippen LogP contribution in [0.25, 0.3) is 0 Å². The molecule has 4 heteroatoms. The fourth-order valence-electron chi connectivity index (χ4n) is 2.86. The fraction of sp³-hybridized carbons (Fsp3) is 0.684. The zero-order valence-electron chi connectivity index (χ0n) is 15.2. The van der Waals surface area contributed by atoms with Crippen LogP contribution in [0.5, 0.6) is 5.75 Å². The molecule has 1 aromatic rings. The summed E-state index contributed by atoms with van der Waals surface area (Å²) in [5.74, 6) is 2.28. The third-order valence-electron chi connectivity index (χ3n) is 4.68. The van der Waals surface area contributed by atoms with Gasteiger partial charge in [0.15, 0.2) is 0 Å². The number of benzene rings is 1. The number of hydrogen-bond donors (Lipinski definition) is 0. The molecule has 1 heterocycles. The summed E-state index contributed by atoms with van der Waals surface area (Å²) in [6.45, 7) is 14.9. The maximum atomic E-state index is 6.15. The standard InChI is InChI=1S/C19H29O3P/c1-18(2,3)15-7-8-17(16(10-15)19(4,5)6)22-23-20-11-13-9-14(13)12-21-23/h7-8,10,13-14H,9,11-12H2,1-6H3. The van der Waals surface area contributed by atoms with Gasteiger partial charge in [0.25, 0.3) is 0 Å². The van der Waals surface area contributed by atoms with Crippen LogP contribution >= 0.6 is 8.60 Å². The van der Waals surface area contributed by atoms with Gasteiger partial charge in [0.05, 0.1) is 13.2 Å². The van der Waals surface area contributed by atoms with Crippen LogP contribution in [0.1, 0.15) is 59.1 Å². The topological polar surface area (TPSA) is 27.7 Å². The summed E-state index contributed by atoms with van der Waals surface area (Å²) in [5, 5.41) is 0. The number of fused-ring (bicyclic) bond motifs is 1. The maximum Gasteiger partial charge on any atom is 0.397 e. The summed E-state index contributed by atoms with van der Waals surface area (Å²) in [6.07, 6.45) is 1.25. The lowest BCUT2D eigenvalue weighted by molar-refractivity contribution is 0.221. The van der Waals surface area contributed by atoms with Gasteiger partial charge in [-0.2, -0.15) is 0 Å². The van der Waals surface area contributed by atoms with E-state index in [4.69, 9.17) is 13.6 Å². The Kier molecular flexibility index (Phi) is 4.50. The lowest BCUT2D eigenvalue weighted by Crippen LogP contribution is -2.17. The zero-order chi connectivity index (χ0) is 16.8. The summed E-state index contributed by atoms with van der Waals surface area (Å²) >= 11 is 0. The van der Waals surface area contributed by atoms with Crippen molar-refractivity contribution in [3.8, 4) is 5.75 Å². The first-order chi connectivity index (χ1) is 10.6. The van der Waals surface area contributed by atoms with Crippen molar-refractivity contribution in [3.05, 3.63) is 29.3 Å². The van der Waals surface area contributed by atoms with Gasteiger partial charge in [-0.3, -0.25) is 0 Å². The molecule has 2 atom stereocenters. The van der Waals surface area contributed by atoms with E-state index in [9.17, 15) is 0 Å². The molecule has 1 saturated carbocycles. The summed E-state index contributed by atoms with van der Waals surface area (Å²) in [5.41, 5.74) is 2.68. The van der Waals surface area contributed by atoms with Crippen LogP contribution in [0.4, 0.5) is 0 Å². The summed E-state index contributed by atoms with van der Waals surface area (Å²) in [4.78, 5) is 0. The van der Waals surface area contributed by atoms with Gasteiger partial charge in [-0.25, -0.2) is 0 Å². The molecule has 0 spiro atoms. The van der Waals surface area contributed by atoms with Gasteiger partial charge in [-0.05, 0) is 40.7 Å². The van der Waals surface area contributed by atoms with Gasteiger partial charge in [-0.15, -0.1) is 0 Å². The molecule has 0 aromatic heterocycles. The molecule has 0 N–H and O–H groups in total. The van der Waals surface area contributed by atoms with E-state index in [1.807, 2.05) is 0 Å². The van der Waals surface area contributed by atoms with E-state index in [1.165, 1.54) is 17.5 Å². The van der Waals surface area contributed by atoms with Crippen LogP contribution in [0.15, 0.2) is 18.2 Å². The second kappa shape index (κ2) is 6.02. The van der Waals surface area contributed by atoms with E-state index in [0.29, 0.717) is 11.8 Å². The summed E-state index contributed by atoms with van der Waals surface area (Å²) in [6, 6.07) is 6.52. The lowest BCUT2D eigenvalue weighted by Gasteiger charge is -2.28. The van der Waals surface area contributed by atoms with Crippen molar-refractivity contribution in [1.29, 1.82) is 0 Å². The molecule has 0 radical (unpaired) electrons. The summed E-state index contributed by atoms with van der Waals surface area (Å²) < 4.78 is 17.8. The second-order valence-electron chi connectivity index (χ2n) is 8.87. The smallest absolute Gasteiger partial charge is 0.397 e. The molecule has 3 nitrogen and oxygen atoms in total. The van der Waals surface area contributed by atoms with Crippen molar-refractivity contribution in [2.24, 2.45) is 11.8 Å². The van der Waals surface area contributed by atoms with Crippen molar-refractivity contribution >= 4 is 8.60 Å². The van der Waals surface area contributed by atoms with Crippen molar-refractivity contribution in [1.82, 2.24) is 0 Å². The molecule has 0 amide bonds. The molecule has 128 valence electrons. The molecule has 1 saturated heterocycles. The molecule has 2 aliphatic rings.